The Balaban J connectivity index is 2.15. The van der Waals surface area contributed by atoms with Crippen LogP contribution in [0.1, 0.15) is 11.1 Å². The molecule has 4 nitrogen and oxygen atoms in total. The number of halogens is 1. The molecule has 5 heteroatoms. The van der Waals surface area contributed by atoms with Gasteiger partial charge in [-0.15, -0.1) is 0 Å². The topological polar surface area (TPSA) is 58.6 Å². The fourth-order valence-corrected chi connectivity index (χ4v) is 2.47. The zero-order chi connectivity index (χ0) is 15.0. The summed E-state index contributed by atoms with van der Waals surface area (Å²) in [5.41, 5.74) is 2.56. The fraction of sp³-hybridized carbons (Fsp3) is 0.0625. The third kappa shape index (κ3) is 2.45. The molecule has 0 spiro atoms. The highest BCUT2D eigenvalue weighted by atomic mass is 35.5. The van der Waals surface area contributed by atoms with E-state index in [-0.39, 0.29) is 11.7 Å². The molecule has 0 radical (unpaired) electrons. The average molecular weight is 302 g/mol. The number of carbonyl (C=O) groups excluding carboxylic acids is 1. The van der Waals surface area contributed by atoms with Gasteiger partial charge in [0.1, 0.15) is 11.5 Å². The minimum absolute atomic E-state index is 0.104. The molecule has 3 rings (SSSR count). The lowest BCUT2D eigenvalue weighted by molar-refractivity contribution is -0.110. The molecule has 0 bridgehead atoms. The molecule has 2 aromatic carbocycles. The molecule has 1 aliphatic heterocycles. The monoisotopic (exact) mass is 301 g/mol. The van der Waals surface area contributed by atoms with Crippen LogP contribution in [0.2, 0.25) is 5.02 Å². The lowest BCUT2D eigenvalue weighted by atomic mass is 10.0. The molecule has 0 fully saturated rings. The number of rotatable bonds is 2. The molecule has 0 saturated carbocycles. The van der Waals surface area contributed by atoms with Crippen LogP contribution >= 0.6 is 11.6 Å². The summed E-state index contributed by atoms with van der Waals surface area (Å²) in [6.07, 6.45) is 1.68. The van der Waals surface area contributed by atoms with Crippen molar-refractivity contribution in [3.8, 4) is 11.5 Å². The zero-order valence-corrected chi connectivity index (χ0v) is 11.9. The SMILES string of the molecule is COc1ccc(O)cc1/C=C1/C(=O)Nc2ccc(Cl)cc21. The van der Waals surface area contributed by atoms with Crippen LogP contribution in [-0.4, -0.2) is 18.1 Å². The summed E-state index contributed by atoms with van der Waals surface area (Å²) in [7, 11) is 1.54. The molecular formula is C16H12ClNO3. The summed E-state index contributed by atoms with van der Waals surface area (Å²) < 4.78 is 5.24. The predicted molar refractivity (Wildman–Crippen MR) is 82.6 cm³/mol. The summed E-state index contributed by atoms with van der Waals surface area (Å²) in [4.78, 5) is 12.1. The van der Waals surface area contributed by atoms with Gasteiger partial charge in [-0.25, -0.2) is 0 Å². The number of carbonyl (C=O) groups is 1. The largest absolute Gasteiger partial charge is 0.508 e. The van der Waals surface area contributed by atoms with Gasteiger partial charge in [-0.1, -0.05) is 11.6 Å². The highest BCUT2D eigenvalue weighted by Crippen LogP contribution is 2.36. The number of methoxy groups -OCH3 is 1. The molecule has 0 aromatic heterocycles. The molecule has 1 heterocycles. The molecule has 2 N–H and O–H groups in total. The van der Waals surface area contributed by atoms with Gasteiger partial charge < -0.3 is 15.2 Å². The van der Waals surface area contributed by atoms with Crippen LogP contribution in [0.3, 0.4) is 0 Å². The Morgan fingerprint density at radius 2 is 2.05 bits per heavy atom. The van der Waals surface area contributed by atoms with Gasteiger partial charge in [0, 0.05) is 27.4 Å². The third-order valence-corrected chi connectivity index (χ3v) is 3.51. The van der Waals surface area contributed by atoms with E-state index in [1.54, 1.807) is 36.4 Å². The van der Waals surface area contributed by atoms with E-state index in [4.69, 9.17) is 16.3 Å². The quantitative estimate of drug-likeness (QED) is 0.834. The molecule has 1 amide bonds. The van der Waals surface area contributed by atoms with E-state index in [1.165, 1.54) is 13.2 Å². The maximum atomic E-state index is 12.1. The van der Waals surface area contributed by atoms with Crippen LogP contribution < -0.4 is 10.1 Å². The van der Waals surface area contributed by atoms with Crippen LogP contribution in [0.15, 0.2) is 36.4 Å². The Morgan fingerprint density at radius 1 is 1.24 bits per heavy atom. The first-order valence-electron chi connectivity index (χ1n) is 6.28. The van der Waals surface area contributed by atoms with Crippen LogP contribution in [0.4, 0.5) is 5.69 Å². The van der Waals surface area contributed by atoms with E-state index in [0.29, 0.717) is 21.9 Å². The number of ether oxygens (including phenoxy) is 1. The molecule has 1 aliphatic rings. The lowest BCUT2D eigenvalue weighted by Gasteiger charge is -2.06. The van der Waals surface area contributed by atoms with Gasteiger partial charge in [0.2, 0.25) is 0 Å². The molecule has 0 saturated heterocycles. The number of aromatic hydroxyl groups is 1. The van der Waals surface area contributed by atoms with Crippen molar-refractivity contribution in [3.05, 3.63) is 52.5 Å². The van der Waals surface area contributed by atoms with Crippen LogP contribution in [-0.2, 0) is 4.79 Å². The van der Waals surface area contributed by atoms with E-state index >= 15 is 0 Å². The number of phenolic OH excluding ortho intramolecular Hbond substituents is 1. The highest BCUT2D eigenvalue weighted by Gasteiger charge is 2.24. The average Bonchev–Trinajstić information content (AvgIpc) is 2.75. The van der Waals surface area contributed by atoms with E-state index in [1.807, 2.05) is 0 Å². The molecular weight excluding hydrogens is 290 g/mol. The maximum absolute atomic E-state index is 12.1. The molecule has 21 heavy (non-hydrogen) atoms. The fourth-order valence-electron chi connectivity index (χ4n) is 2.29. The predicted octanol–water partition coefficient (Wildman–Crippen LogP) is 3.55. The smallest absolute Gasteiger partial charge is 0.256 e. The summed E-state index contributed by atoms with van der Waals surface area (Å²) in [6.45, 7) is 0. The minimum atomic E-state index is -0.210. The van der Waals surface area contributed by atoms with Gasteiger partial charge in [-0.05, 0) is 42.5 Å². The molecule has 0 atom stereocenters. The second-order valence-corrected chi connectivity index (χ2v) is 5.06. The van der Waals surface area contributed by atoms with Gasteiger partial charge in [0.25, 0.3) is 5.91 Å². The van der Waals surface area contributed by atoms with Crippen molar-refractivity contribution in [2.24, 2.45) is 0 Å². The van der Waals surface area contributed by atoms with Gasteiger partial charge in [-0.2, -0.15) is 0 Å². The maximum Gasteiger partial charge on any atom is 0.256 e. The Morgan fingerprint density at radius 3 is 2.81 bits per heavy atom. The molecule has 0 unspecified atom stereocenters. The Bertz CT molecular complexity index is 768. The van der Waals surface area contributed by atoms with Crippen LogP contribution in [0.5, 0.6) is 11.5 Å². The van der Waals surface area contributed by atoms with Crippen molar-refractivity contribution in [1.82, 2.24) is 0 Å². The van der Waals surface area contributed by atoms with E-state index in [0.717, 1.165) is 11.3 Å². The van der Waals surface area contributed by atoms with Gasteiger partial charge in [-0.3, -0.25) is 4.79 Å². The van der Waals surface area contributed by atoms with Gasteiger partial charge >= 0.3 is 0 Å². The van der Waals surface area contributed by atoms with Crippen LogP contribution in [0.25, 0.3) is 11.6 Å². The number of nitrogens with one attached hydrogen (secondary N) is 1. The van der Waals surface area contributed by atoms with Crippen molar-refractivity contribution < 1.29 is 14.6 Å². The highest BCUT2D eigenvalue weighted by molar-refractivity contribution is 6.36. The Hall–Kier alpha value is -2.46. The van der Waals surface area contributed by atoms with E-state index < -0.39 is 0 Å². The summed E-state index contributed by atoms with van der Waals surface area (Å²) in [5.74, 6) is 0.466. The van der Waals surface area contributed by atoms with Crippen molar-refractivity contribution in [1.29, 1.82) is 0 Å². The Kier molecular flexibility index (Phi) is 3.31. The molecule has 106 valence electrons. The first-order valence-corrected chi connectivity index (χ1v) is 6.66. The van der Waals surface area contributed by atoms with Gasteiger partial charge in [0.05, 0.1) is 7.11 Å². The van der Waals surface area contributed by atoms with Crippen molar-refractivity contribution in [2.75, 3.05) is 12.4 Å². The first-order chi connectivity index (χ1) is 10.1. The second kappa shape index (κ2) is 5.14. The summed E-state index contributed by atoms with van der Waals surface area (Å²) >= 11 is 5.99. The number of amides is 1. The normalized spacial score (nSPS) is 15.0. The summed E-state index contributed by atoms with van der Waals surface area (Å²) in [6, 6.07) is 9.93. The second-order valence-electron chi connectivity index (χ2n) is 4.63. The Labute approximate surface area is 126 Å². The van der Waals surface area contributed by atoms with Gasteiger partial charge in [0.15, 0.2) is 0 Å². The zero-order valence-electron chi connectivity index (χ0n) is 11.2. The first kappa shape index (κ1) is 13.5. The number of phenols is 1. The van der Waals surface area contributed by atoms with Crippen LogP contribution in [0, 0.1) is 0 Å². The van der Waals surface area contributed by atoms with Crippen molar-refractivity contribution in [3.63, 3.8) is 0 Å². The van der Waals surface area contributed by atoms with E-state index in [2.05, 4.69) is 5.32 Å². The lowest BCUT2D eigenvalue weighted by Crippen LogP contribution is -2.03. The van der Waals surface area contributed by atoms with Crippen molar-refractivity contribution in [2.45, 2.75) is 0 Å². The number of anilines is 1. The number of fused-ring (bicyclic) bond motifs is 1. The van der Waals surface area contributed by atoms with Crippen molar-refractivity contribution >= 4 is 34.8 Å². The molecule has 0 aliphatic carbocycles. The standard InChI is InChI=1S/C16H12ClNO3/c1-21-15-5-3-11(19)6-9(15)7-13-12-8-10(17)2-4-14(12)18-16(13)20/h2-8,19H,1H3,(H,18,20)/b13-7+. The third-order valence-electron chi connectivity index (χ3n) is 3.28. The molecule has 2 aromatic rings. The van der Waals surface area contributed by atoms with E-state index in [9.17, 15) is 9.90 Å². The summed E-state index contributed by atoms with van der Waals surface area (Å²) in [5, 5.41) is 12.9. The number of hydrogen-bond donors (Lipinski definition) is 2. The number of benzene rings is 2. The minimum Gasteiger partial charge on any atom is -0.508 e. The number of hydrogen-bond acceptors (Lipinski definition) is 3.